The normalized spacial score (nSPS) is 13.7. The average molecular weight is 495 g/mol. The van der Waals surface area contributed by atoms with Gasteiger partial charge in [0.05, 0.1) is 32.0 Å². The molecule has 1 atom stereocenters. The van der Waals surface area contributed by atoms with Crippen LogP contribution < -0.4 is 0 Å². The molecule has 1 heterocycles. The van der Waals surface area contributed by atoms with Gasteiger partial charge in [0, 0.05) is 6.54 Å². The van der Waals surface area contributed by atoms with Gasteiger partial charge in [-0.25, -0.2) is 9.59 Å². The van der Waals surface area contributed by atoms with Gasteiger partial charge < -0.3 is 14.4 Å². The highest BCUT2D eigenvalue weighted by molar-refractivity contribution is 6.76. The van der Waals surface area contributed by atoms with Crippen LogP contribution in [0.3, 0.4) is 0 Å². The van der Waals surface area contributed by atoms with Crippen LogP contribution in [0.25, 0.3) is 0 Å². The van der Waals surface area contributed by atoms with Gasteiger partial charge in [0.15, 0.2) is 6.04 Å². The summed E-state index contributed by atoms with van der Waals surface area (Å²) in [5.41, 5.74) is 1.22. The van der Waals surface area contributed by atoms with Gasteiger partial charge in [-0.15, -0.1) is 6.58 Å². The van der Waals surface area contributed by atoms with Gasteiger partial charge in [0.1, 0.15) is 6.61 Å². The smallest absolute Gasteiger partial charge is 0.410 e. The SMILES string of the molecule is C=CCN(C[C@@H](C(=O)OC[Si](C)(C)C)N1C(=O)c2ccccc2C1=O)C(=O)OCc1ccccc1. The maximum atomic E-state index is 13.2. The third kappa shape index (κ3) is 6.45. The number of ether oxygens (including phenoxy) is 2. The Morgan fingerprint density at radius 2 is 1.54 bits per heavy atom. The molecular formula is C26H30N2O6Si. The summed E-state index contributed by atoms with van der Waals surface area (Å²) < 4.78 is 11.0. The first-order chi connectivity index (χ1) is 16.6. The van der Waals surface area contributed by atoms with Gasteiger partial charge in [-0.05, 0) is 17.7 Å². The molecule has 8 nitrogen and oxygen atoms in total. The number of esters is 1. The molecule has 9 heteroatoms. The molecular weight excluding hydrogens is 464 g/mol. The fraction of sp³-hybridized carbons (Fsp3) is 0.308. The third-order valence-electron chi connectivity index (χ3n) is 5.26. The van der Waals surface area contributed by atoms with Crippen LogP contribution in [0.2, 0.25) is 19.6 Å². The molecule has 0 saturated heterocycles. The number of amides is 3. The standard InChI is InChI=1S/C26H30N2O6Si/c1-5-15-27(26(32)33-17-19-11-7-6-8-12-19)16-22(25(31)34-18-35(2,3)4)28-23(29)20-13-9-10-14-21(20)24(28)30/h5-14,22H,1,15-18H2,2-4H3/t22-/m0/s1. The van der Waals surface area contributed by atoms with Gasteiger partial charge in [-0.3, -0.25) is 14.5 Å². The van der Waals surface area contributed by atoms with Gasteiger partial charge in [0.2, 0.25) is 0 Å². The lowest BCUT2D eigenvalue weighted by molar-refractivity contribution is -0.147. The molecule has 0 radical (unpaired) electrons. The van der Waals surface area contributed by atoms with Crippen molar-refractivity contribution in [1.82, 2.24) is 9.80 Å². The first-order valence-corrected chi connectivity index (χ1v) is 15.0. The number of hydrogen-bond acceptors (Lipinski definition) is 6. The molecule has 0 unspecified atom stereocenters. The van der Waals surface area contributed by atoms with Crippen LogP contribution >= 0.6 is 0 Å². The molecule has 0 bridgehead atoms. The molecule has 35 heavy (non-hydrogen) atoms. The highest BCUT2D eigenvalue weighted by Crippen LogP contribution is 2.26. The maximum Gasteiger partial charge on any atom is 0.410 e. The fourth-order valence-corrected chi connectivity index (χ4v) is 4.11. The van der Waals surface area contributed by atoms with E-state index in [1.807, 2.05) is 50.0 Å². The Hall–Kier alpha value is -3.72. The molecule has 3 rings (SSSR count). The Balaban J connectivity index is 1.85. The minimum Gasteiger partial charge on any atom is -0.468 e. The summed E-state index contributed by atoms with van der Waals surface area (Å²) in [6, 6.07) is 14.2. The Kier molecular flexibility index (Phi) is 8.24. The molecule has 1 aliphatic heterocycles. The van der Waals surface area contributed by atoms with Crippen molar-refractivity contribution >= 4 is 32.0 Å². The van der Waals surface area contributed by atoms with E-state index < -0.39 is 38.0 Å². The first-order valence-electron chi connectivity index (χ1n) is 11.3. The van der Waals surface area contributed by atoms with Crippen LogP contribution in [-0.4, -0.2) is 67.1 Å². The van der Waals surface area contributed by atoms with Crippen molar-refractivity contribution in [2.45, 2.75) is 32.3 Å². The number of rotatable bonds is 10. The quantitative estimate of drug-likeness (QED) is 0.215. The number of fused-ring (bicyclic) bond motifs is 1. The summed E-state index contributed by atoms with van der Waals surface area (Å²) in [6.45, 7) is 9.57. The first kappa shape index (κ1) is 25.9. The van der Waals surface area contributed by atoms with Crippen molar-refractivity contribution in [2.75, 3.05) is 19.3 Å². The summed E-state index contributed by atoms with van der Waals surface area (Å²) in [7, 11) is -1.78. The summed E-state index contributed by atoms with van der Waals surface area (Å²) in [4.78, 5) is 54.5. The van der Waals surface area contributed by atoms with E-state index in [0.717, 1.165) is 10.5 Å². The van der Waals surface area contributed by atoms with E-state index in [2.05, 4.69) is 6.58 Å². The zero-order valence-corrected chi connectivity index (χ0v) is 21.2. The predicted octanol–water partition coefficient (Wildman–Crippen LogP) is 3.90. The Morgan fingerprint density at radius 1 is 0.971 bits per heavy atom. The van der Waals surface area contributed by atoms with Crippen LogP contribution in [-0.2, 0) is 20.9 Å². The molecule has 0 spiro atoms. The lowest BCUT2D eigenvalue weighted by atomic mass is 10.1. The van der Waals surface area contributed by atoms with Crippen molar-refractivity contribution in [3.8, 4) is 0 Å². The Morgan fingerprint density at radius 3 is 2.09 bits per heavy atom. The summed E-state index contributed by atoms with van der Waals surface area (Å²) >= 11 is 0. The second-order valence-corrected chi connectivity index (χ2v) is 14.9. The van der Waals surface area contributed by atoms with Crippen LogP contribution in [0.5, 0.6) is 0 Å². The van der Waals surface area contributed by atoms with Crippen LogP contribution in [0.15, 0.2) is 67.3 Å². The van der Waals surface area contributed by atoms with E-state index in [0.29, 0.717) is 0 Å². The molecule has 2 aromatic carbocycles. The predicted molar refractivity (Wildman–Crippen MR) is 133 cm³/mol. The molecule has 0 saturated carbocycles. The van der Waals surface area contributed by atoms with Crippen LogP contribution in [0, 0.1) is 0 Å². The highest BCUT2D eigenvalue weighted by atomic mass is 28.3. The molecule has 2 aromatic rings. The van der Waals surface area contributed by atoms with Crippen molar-refractivity contribution < 1.29 is 28.7 Å². The number of carbonyl (C=O) groups is 4. The highest BCUT2D eigenvalue weighted by Gasteiger charge is 2.44. The van der Waals surface area contributed by atoms with Crippen molar-refractivity contribution in [1.29, 1.82) is 0 Å². The fourth-order valence-electron chi connectivity index (χ4n) is 3.54. The minimum absolute atomic E-state index is 0.0328. The second-order valence-electron chi connectivity index (χ2n) is 9.44. The average Bonchev–Trinajstić information content (AvgIpc) is 3.09. The summed E-state index contributed by atoms with van der Waals surface area (Å²) in [5, 5.41) is 0. The minimum atomic E-state index is -1.78. The van der Waals surface area contributed by atoms with Gasteiger partial charge in [0.25, 0.3) is 11.8 Å². The molecule has 3 amide bonds. The summed E-state index contributed by atoms with van der Waals surface area (Å²) in [5.74, 6) is -1.94. The summed E-state index contributed by atoms with van der Waals surface area (Å²) in [6.07, 6.45) is 0.996. The van der Waals surface area contributed by atoms with Crippen molar-refractivity contribution in [3.63, 3.8) is 0 Å². The van der Waals surface area contributed by atoms with Gasteiger partial charge in [-0.1, -0.05) is 68.2 Å². The van der Waals surface area contributed by atoms with Crippen LogP contribution in [0.4, 0.5) is 4.79 Å². The van der Waals surface area contributed by atoms with Gasteiger partial charge >= 0.3 is 12.1 Å². The number of nitrogens with zero attached hydrogens (tertiary/aromatic N) is 2. The van der Waals surface area contributed by atoms with E-state index in [-0.39, 0.29) is 37.1 Å². The molecule has 184 valence electrons. The molecule has 0 aromatic heterocycles. The van der Waals surface area contributed by atoms with E-state index in [1.54, 1.807) is 12.1 Å². The molecule has 0 N–H and O–H groups in total. The Labute approximate surface area is 206 Å². The van der Waals surface area contributed by atoms with Crippen molar-refractivity contribution in [3.05, 3.63) is 83.9 Å². The van der Waals surface area contributed by atoms with Crippen LogP contribution in [0.1, 0.15) is 26.3 Å². The Bertz CT molecular complexity index is 1080. The molecule has 0 aliphatic carbocycles. The lowest BCUT2D eigenvalue weighted by Crippen LogP contribution is -2.53. The number of benzene rings is 2. The van der Waals surface area contributed by atoms with E-state index >= 15 is 0 Å². The lowest BCUT2D eigenvalue weighted by Gasteiger charge is -2.30. The van der Waals surface area contributed by atoms with E-state index in [1.165, 1.54) is 23.1 Å². The molecule has 1 aliphatic rings. The maximum absolute atomic E-state index is 13.2. The number of imide groups is 1. The molecule has 0 fully saturated rings. The zero-order chi connectivity index (χ0) is 25.6. The van der Waals surface area contributed by atoms with Crippen molar-refractivity contribution in [2.24, 2.45) is 0 Å². The number of carbonyl (C=O) groups excluding carboxylic acids is 4. The zero-order valence-electron chi connectivity index (χ0n) is 20.2. The van der Waals surface area contributed by atoms with E-state index in [9.17, 15) is 19.2 Å². The second kappa shape index (κ2) is 11.1. The largest absolute Gasteiger partial charge is 0.468 e. The topological polar surface area (TPSA) is 93.2 Å². The monoisotopic (exact) mass is 494 g/mol. The third-order valence-corrected chi connectivity index (χ3v) is 6.27. The number of hydrogen-bond donors (Lipinski definition) is 0. The van der Waals surface area contributed by atoms with Gasteiger partial charge in [-0.2, -0.15) is 0 Å². The van der Waals surface area contributed by atoms with E-state index in [4.69, 9.17) is 9.47 Å².